The molecule has 2 aromatic rings. The van der Waals surface area contributed by atoms with Crippen molar-refractivity contribution in [1.82, 2.24) is 0 Å². The summed E-state index contributed by atoms with van der Waals surface area (Å²) in [6.45, 7) is 1.16. The van der Waals surface area contributed by atoms with E-state index in [1.165, 1.54) is 0 Å². The van der Waals surface area contributed by atoms with E-state index >= 15 is 0 Å². The van der Waals surface area contributed by atoms with Gasteiger partial charge in [-0.25, -0.2) is 0 Å². The molecular weight excluding hydrogens is 326 g/mol. The van der Waals surface area contributed by atoms with Gasteiger partial charge in [0.15, 0.2) is 6.29 Å². The number of oxime groups is 1. The molecule has 5 heteroatoms. The SMILES string of the molecule is O/N=C(/c1ccc(Cl)cc1)c1ccccc1COC1CCCCO1. The van der Waals surface area contributed by atoms with Crippen LogP contribution in [0.3, 0.4) is 0 Å². The highest BCUT2D eigenvalue weighted by Crippen LogP contribution is 2.21. The van der Waals surface area contributed by atoms with Crippen molar-refractivity contribution in [3.05, 3.63) is 70.2 Å². The topological polar surface area (TPSA) is 51.1 Å². The Labute approximate surface area is 146 Å². The minimum atomic E-state index is -0.156. The number of benzene rings is 2. The van der Waals surface area contributed by atoms with Crippen LogP contribution in [-0.4, -0.2) is 23.8 Å². The molecule has 126 valence electrons. The Morgan fingerprint density at radius 3 is 2.67 bits per heavy atom. The maximum atomic E-state index is 9.53. The van der Waals surface area contributed by atoms with Crippen molar-refractivity contribution in [1.29, 1.82) is 0 Å². The van der Waals surface area contributed by atoms with E-state index in [2.05, 4.69) is 5.16 Å². The summed E-state index contributed by atoms with van der Waals surface area (Å²) in [6, 6.07) is 15.0. The van der Waals surface area contributed by atoms with Gasteiger partial charge in [-0.15, -0.1) is 0 Å². The number of hydrogen-bond acceptors (Lipinski definition) is 4. The molecule has 1 atom stereocenters. The molecule has 0 amide bonds. The van der Waals surface area contributed by atoms with Gasteiger partial charge in [0.1, 0.15) is 5.71 Å². The summed E-state index contributed by atoms with van der Waals surface area (Å²) in [5.41, 5.74) is 3.08. The molecule has 2 aromatic carbocycles. The first-order valence-corrected chi connectivity index (χ1v) is 8.45. The highest BCUT2D eigenvalue weighted by Gasteiger charge is 2.17. The summed E-state index contributed by atoms with van der Waals surface area (Å²) < 4.78 is 11.5. The van der Waals surface area contributed by atoms with Gasteiger partial charge in [0, 0.05) is 22.8 Å². The number of rotatable bonds is 5. The predicted octanol–water partition coefficient (Wildman–Crippen LogP) is 4.61. The summed E-state index contributed by atoms with van der Waals surface area (Å²) in [6.07, 6.45) is 2.98. The molecule has 0 aromatic heterocycles. The third-order valence-corrected chi connectivity index (χ3v) is 4.30. The third kappa shape index (κ3) is 4.15. The van der Waals surface area contributed by atoms with E-state index in [0.29, 0.717) is 17.3 Å². The molecule has 1 N–H and O–H groups in total. The minimum Gasteiger partial charge on any atom is -0.410 e. The van der Waals surface area contributed by atoms with Crippen molar-refractivity contribution >= 4 is 17.3 Å². The molecule has 0 spiro atoms. The second kappa shape index (κ2) is 8.29. The van der Waals surface area contributed by atoms with Crippen LogP contribution in [0.4, 0.5) is 0 Å². The number of halogens is 1. The molecule has 1 aliphatic heterocycles. The first kappa shape index (κ1) is 17.0. The Balaban J connectivity index is 1.80. The van der Waals surface area contributed by atoms with Gasteiger partial charge in [0.05, 0.1) is 6.61 Å². The standard InChI is InChI=1S/C19H20ClNO3/c20-16-10-8-14(9-11-16)19(21-22)17-6-2-1-5-15(17)13-24-18-7-3-4-12-23-18/h1-2,5-6,8-11,18,22H,3-4,7,12-13H2/b21-19-. The molecule has 0 bridgehead atoms. The van der Waals surface area contributed by atoms with Crippen LogP contribution in [0.25, 0.3) is 0 Å². The monoisotopic (exact) mass is 345 g/mol. The molecule has 1 unspecified atom stereocenters. The van der Waals surface area contributed by atoms with E-state index in [9.17, 15) is 5.21 Å². The largest absolute Gasteiger partial charge is 0.410 e. The van der Waals surface area contributed by atoms with E-state index in [1.54, 1.807) is 12.1 Å². The van der Waals surface area contributed by atoms with Crippen molar-refractivity contribution in [3.8, 4) is 0 Å². The minimum absolute atomic E-state index is 0.156. The first-order valence-electron chi connectivity index (χ1n) is 8.07. The van der Waals surface area contributed by atoms with Gasteiger partial charge >= 0.3 is 0 Å². The second-order valence-corrected chi connectivity index (χ2v) is 6.16. The Hall–Kier alpha value is -1.88. The zero-order chi connectivity index (χ0) is 16.8. The Bertz CT molecular complexity index is 694. The Morgan fingerprint density at radius 1 is 1.17 bits per heavy atom. The molecular formula is C19H20ClNO3. The van der Waals surface area contributed by atoms with E-state index in [1.807, 2.05) is 36.4 Å². The highest BCUT2D eigenvalue weighted by atomic mass is 35.5. The van der Waals surface area contributed by atoms with Gasteiger partial charge in [-0.1, -0.05) is 53.2 Å². The van der Waals surface area contributed by atoms with Gasteiger partial charge in [-0.05, 0) is 37.0 Å². The van der Waals surface area contributed by atoms with E-state index in [4.69, 9.17) is 21.1 Å². The molecule has 0 saturated carbocycles. The van der Waals surface area contributed by atoms with Crippen molar-refractivity contribution in [3.63, 3.8) is 0 Å². The molecule has 4 nitrogen and oxygen atoms in total. The second-order valence-electron chi connectivity index (χ2n) is 5.72. The maximum absolute atomic E-state index is 9.53. The summed E-state index contributed by atoms with van der Waals surface area (Å²) in [5, 5.41) is 13.7. The molecule has 0 radical (unpaired) electrons. The first-order chi connectivity index (χ1) is 11.8. The quantitative estimate of drug-likeness (QED) is 0.489. The van der Waals surface area contributed by atoms with Crippen LogP contribution in [0.1, 0.15) is 36.0 Å². The lowest BCUT2D eigenvalue weighted by atomic mass is 9.98. The summed E-state index contributed by atoms with van der Waals surface area (Å²) >= 11 is 5.94. The van der Waals surface area contributed by atoms with Crippen LogP contribution in [0, 0.1) is 0 Å². The van der Waals surface area contributed by atoms with Crippen LogP contribution in [0.15, 0.2) is 53.7 Å². The summed E-state index contributed by atoms with van der Waals surface area (Å²) in [5.74, 6) is 0. The van der Waals surface area contributed by atoms with Gasteiger partial charge in [0.2, 0.25) is 0 Å². The molecule has 24 heavy (non-hydrogen) atoms. The fourth-order valence-corrected chi connectivity index (χ4v) is 2.90. The average Bonchev–Trinajstić information content (AvgIpc) is 2.64. The molecule has 1 aliphatic rings. The Kier molecular flexibility index (Phi) is 5.86. The van der Waals surface area contributed by atoms with E-state index in [-0.39, 0.29) is 6.29 Å². The van der Waals surface area contributed by atoms with Crippen LogP contribution < -0.4 is 0 Å². The summed E-state index contributed by atoms with van der Waals surface area (Å²) in [4.78, 5) is 0. The van der Waals surface area contributed by atoms with Gasteiger partial charge in [-0.3, -0.25) is 0 Å². The fourth-order valence-electron chi connectivity index (χ4n) is 2.78. The van der Waals surface area contributed by atoms with Gasteiger partial charge in [-0.2, -0.15) is 0 Å². The zero-order valence-corrected chi connectivity index (χ0v) is 14.1. The average molecular weight is 346 g/mol. The number of nitrogens with zero attached hydrogens (tertiary/aromatic N) is 1. The molecule has 1 saturated heterocycles. The van der Waals surface area contributed by atoms with Crippen LogP contribution in [0.2, 0.25) is 5.02 Å². The zero-order valence-electron chi connectivity index (χ0n) is 13.3. The van der Waals surface area contributed by atoms with Crippen LogP contribution >= 0.6 is 11.6 Å². The third-order valence-electron chi connectivity index (χ3n) is 4.05. The lowest BCUT2D eigenvalue weighted by molar-refractivity contribution is -0.168. The van der Waals surface area contributed by atoms with Gasteiger partial charge < -0.3 is 14.7 Å². The molecule has 3 rings (SSSR count). The smallest absolute Gasteiger partial charge is 0.158 e. The lowest BCUT2D eigenvalue weighted by Crippen LogP contribution is -2.22. The predicted molar refractivity (Wildman–Crippen MR) is 93.7 cm³/mol. The lowest BCUT2D eigenvalue weighted by Gasteiger charge is -2.23. The van der Waals surface area contributed by atoms with E-state index in [0.717, 1.165) is 42.6 Å². The molecule has 0 aliphatic carbocycles. The van der Waals surface area contributed by atoms with E-state index < -0.39 is 0 Å². The molecule has 1 fully saturated rings. The van der Waals surface area contributed by atoms with Crippen molar-refractivity contribution in [2.45, 2.75) is 32.2 Å². The van der Waals surface area contributed by atoms with Crippen molar-refractivity contribution in [2.24, 2.45) is 5.16 Å². The number of hydrogen-bond donors (Lipinski definition) is 1. The van der Waals surface area contributed by atoms with Crippen molar-refractivity contribution < 1.29 is 14.7 Å². The fraction of sp³-hybridized carbons (Fsp3) is 0.316. The Morgan fingerprint density at radius 2 is 1.96 bits per heavy atom. The van der Waals surface area contributed by atoms with Crippen LogP contribution in [-0.2, 0) is 16.1 Å². The normalized spacial score (nSPS) is 18.5. The summed E-state index contributed by atoms with van der Waals surface area (Å²) in [7, 11) is 0. The number of ether oxygens (including phenoxy) is 2. The van der Waals surface area contributed by atoms with Gasteiger partial charge in [0.25, 0.3) is 0 Å². The highest BCUT2D eigenvalue weighted by molar-refractivity contribution is 6.30. The maximum Gasteiger partial charge on any atom is 0.158 e. The van der Waals surface area contributed by atoms with Crippen LogP contribution in [0.5, 0.6) is 0 Å². The molecule has 1 heterocycles. The van der Waals surface area contributed by atoms with Crippen molar-refractivity contribution in [2.75, 3.05) is 6.61 Å².